The highest BCUT2D eigenvalue weighted by Crippen LogP contribution is 2.30. The number of carbonyl (C=O) groups excluding carboxylic acids is 1. The first-order valence-electron chi connectivity index (χ1n) is 8.11. The number of carbonyl (C=O) groups is 1. The van der Waals surface area contributed by atoms with Crippen molar-refractivity contribution < 1.29 is 19.7 Å². The zero-order valence-electron chi connectivity index (χ0n) is 13.7. The molecule has 1 aliphatic heterocycles. The summed E-state index contributed by atoms with van der Waals surface area (Å²) in [6.45, 7) is -0.0188. The molecule has 0 spiro atoms. The molecule has 26 heavy (non-hydrogen) atoms. The van der Waals surface area contributed by atoms with Crippen LogP contribution in [0.25, 0.3) is 22.0 Å². The number of hydrogen-bond donors (Lipinski definition) is 3. The quantitative estimate of drug-likeness (QED) is 0.671. The van der Waals surface area contributed by atoms with Gasteiger partial charge in [-0.05, 0) is 35.7 Å². The second-order valence-electron chi connectivity index (χ2n) is 6.10. The minimum absolute atomic E-state index is 0.0778. The fourth-order valence-electron chi connectivity index (χ4n) is 3.09. The van der Waals surface area contributed by atoms with Crippen LogP contribution in [0.5, 0.6) is 5.75 Å². The van der Waals surface area contributed by atoms with Gasteiger partial charge in [0.05, 0.1) is 18.8 Å². The molecule has 4 rings (SSSR count). The van der Waals surface area contributed by atoms with E-state index in [2.05, 4.69) is 4.98 Å². The van der Waals surface area contributed by atoms with Crippen molar-refractivity contribution in [3.8, 4) is 17.0 Å². The van der Waals surface area contributed by atoms with Gasteiger partial charge in [0.25, 0.3) is 5.56 Å². The van der Waals surface area contributed by atoms with E-state index in [0.29, 0.717) is 27.7 Å². The lowest BCUT2D eigenvalue weighted by molar-refractivity contribution is 0.0963. The topological polar surface area (TPSA) is 103 Å². The number of aromatic amines is 1. The minimum Gasteiger partial charge on any atom is -0.507 e. The van der Waals surface area contributed by atoms with Gasteiger partial charge in [-0.25, -0.2) is 4.79 Å². The van der Waals surface area contributed by atoms with Crippen molar-refractivity contribution in [2.24, 2.45) is 0 Å². The van der Waals surface area contributed by atoms with Crippen LogP contribution in [0.3, 0.4) is 0 Å². The number of H-pyrrole nitrogens is 1. The van der Waals surface area contributed by atoms with Crippen LogP contribution in [-0.2, 0) is 4.74 Å². The number of benzene rings is 2. The monoisotopic (exact) mass is 352 g/mol. The van der Waals surface area contributed by atoms with E-state index in [9.17, 15) is 14.7 Å². The molecule has 0 unspecified atom stereocenters. The molecule has 1 atom stereocenters. The molecule has 3 aromatic rings. The largest absolute Gasteiger partial charge is 0.507 e. The van der Waals surface area contributed by atoms with Crippen LogP contribution in [0.15, 0.2) is 53.3 Å². The van der Waals surface area contributed by atoms with E-state index in [0.717, 1.165) is 0 Å². The predicted molar refractivity (Wildman–Crippen MR) is 96.4 cm³/mol. The molecule has 1 amide bonds. The molecular weight excluding hydrogens is 336 g/mol. The zero-order chi connectivity index (χ0) is 18.3. The van der Waals surface area contributed by atoms with Crippen LogP contribution in [0, 0.1) is 0 Å². The van der Waals surface area contributed by atoms with Crippen molar-refractivity contribution in [2.45, 2.75) is 6.10 Å². The van der Waals surface area contributed by atoms with Gasteiger partial charge in [-0.1, -0.05) is 18.2 Å². The number of anilines is 1. The molecule has 0 aliphatic carbocycles. The highest BCUT2D eigenvalue weighted by Gasteiger charge is 2.31. The van der Waals surface area contributed by atoms with E-state index >= 15 is 0 Å². The van der Waals surface area contributed by atoms with E-state index < -0.39 is 12.2 Å². The first-order chi connectivity index (χ1) is 12.6. The van der Waals surface area contributed by atoms with Crippen LogP contribution in [0.1, 0.15) is 0 Å². The highest BCUT2D eigenvalue weighted by molar-refractivity contribution is 5.94. The molecule has 1 aromatic heterocycles. The normalized spacial score (nSPS) is 16.9. The third-order valence-electron chi connectivity index (χ3n) is 4.41. The first kappa shape index (κ1) is 16.2. The number of aliphatic hydroxyl groups excluding tert-OH is 1. The number of aromatic hydroxyl groups is 1. The lowest BCUT2D eigenvalue weighted by Crippen LogP contribution is -2.25. The molecule has 0 saturated carbocycles. The minimum atomic E-state index is -0.570. The van der Waals surface area contributed by atoms with Crippen molar-refractivity contribution in [3.05, 3.63) is 58.9 Å². The number of hydrogen-bond acceptors (Lipinski definition) is 5. The second kappa shape index (κ2) is 6.20. The van der Waals surface area contributed by atoms with Crippen molar-refractivity contribution in [2.75, 3.05) is 18.1 Å². The summed E-state index contributed by atoms with van der Waals surface area (Å²) >= 11 is 0. The number of phenols is 1. The number of phenolic OH excluding ortho intramolecular Hbond substituents is 1. The summed E-state index contributed by atoms with van der Waals surface area (Å²) in [5.74, 6) is 0.0778. The highest BCUT2D eigenvalue weighted by atomic mass is 16.6. The molecule has 7 nitrogen and oxygen atoms in total. The fourth-order valence-corrected chi connectivity index (χ4v) is 3.09. The van der Waals surface area contributed by atoms with Gasteiger partial charge in [-0.15, -0.1) is 0 Å². The maximum absolute atomic E-state index is 12.5. The smallest absolute Gasteiger partial charge is 0.414 e. The molecule has 132 valence electrons. The maximum atomic E-state index is 12.5. The Hall–Kier alpha value is -3.32. The lowest BCUT2D eigenvalue weighted by atomic mass is 10.1. The van der Waals surface area contributed by atoms with Crippen molar-refractivity contribution >= 4 is 22.6 Å². The Morgan fingerprint density at radius 2 is 1.96 bits per heavy atom. The van der Waals surface area contributed by atoms with E-state index in [4.69, 9.17) is 9.84 Å². The summed E-state index contributed by atoms with van der Waals surface area (Å²) in [6, 6.07) is 13.6. The second-order valence-corrected chi connectivity index (χ2v) is 6.10. The van der Waals surface area contributed by atoms with Gasteiger partial charge in [0.15, 0.2) is 0 Å². The number of rotatable bonds is 3. The number of ether oxygens (including phenoxy) is 1. The van der Waals surface area contributed by atoms with Crippen molar-refractivity contribution in [1.29, 1.82) is 0 Å². The van der Waals surface area contributed by atoms with Gasteiger partial charge in [0, 0.05) is 16.6 Å². The number of pyridine rings is 1. The lowest BCUT2D eigenvalue weighted by Gasteiger charge is -2.14. The molecule has 1 saturated heterocycles. The number of nitrogens with one attached hydrogen (secondary N) is 1. The summed E-state index contributed by atoms with van der Waals surface area (Å²) in [4.78, 5) is 28.6. The number of para-hydroxylation sites is 1. The number of aromatic nitrogens is 1. The maximum Gasteiger partial charge on any atom is 0.414 e. The van der Waals surface area contributed by atoms with Crippen molar-refractivity contribution in [3.63, 3.8) is 0 Å². The molecule has 0 bridgehead atoms. The van der Waals surface area contributed by atoms with E-state index in [1.807, 2.05) is 0 Å². The Morgan fingerprint density at radius 1 is 1.15 bits per heavy atom. The standard InChI is InChI=1S/C19H16N2O5/c22-10-13-9-21(19(25)26-13)12-6-5-11-7-16(20-18(24)15(11)8-12)14-3-1-2-4-17(14)23/h1-8,13,22-23H,9-10H2,(H,20,24)/t13-/m0/s1. The third kappa shape index (κ3) is 2.68. The Balaban J connectivity index is 1.78. The van der Waals surface area contributed by atoms with Gasteiger partial charge < -0.3 is 19.9 Å². The molecule has 1 fully saturated rings. The van der Waals surface area contributed by atoms with Crippen LogP contribution >= 0.6 is 0 Å². The number of nitrogens with zero attached hydrogens (tertiary/aromatic N) is 1. The SMILES string of the molecule is O=C1O[C@H](CO)CN1c1ccc2cc(-c3ccccc3O)[nH]c(=O)c2c1. The average molecular weight is 352 g/mol. The van der Waals surface area contributed by atoms with Crippen LogP contribution in [0.4, 0.5) is 10.5 Å². The van der Waals surface area contributed by atoms with Crippen LogP contribution in [0.2, 0.25) is 0 Å². The third-order valence-corrected chi connectivity index (χ3v) is 4.41. The summed E-state index contributed by atoms with van der Waals surface area (Å²) in [6.07, 6.45) is -1.12. The van der Waals surface area contributed by atoms with Gasteiger partial charge in [-0.3, -0.25) is 9.69 Å². The summed E-state index contributed by atoms with van der Waals surface area (Å²) in [7, 11) is 0. The zero-order valence-corrected chi connectivity index (χ0v) is 13.7. The average Bonchev–Trinajstić information content (AvgIpc) is 3.03. The molecule has 0 radical (unpaired) electrons. The van der Waals surface area contributed by atoms with Gasteiger partial charge in [0.1, 0.15) is 11.9 Å². The summed E-state index contributed by atoms with van der Waals surface area (Å²) < 4.78 is 5.03. The molecule has 2 aromatic carbocycles. The number of aliphatic hydroxyl groups is 1. The Morgan fingerprint density at radius 3 is 2.69 bits per heavy atom. The van der Waals surface area contributed by atoms with E-state index in [-0.39, 0.29) is 24.5 Å². The molecule has 3 N–H and O–H groups in total. The number of amides is 1. The first-order valence-corrected chi connectivity index (χ1v) is 8.11. The molecule has 1 aliphatic rings. The molecule has 2 heterocycles. The number of fused-ring (bicyclic) bond motifs is 1. The summed E-state index contributed by atoms with van der Waals surface area (Å²) in [5, 5.41) is 20.2. The molecule has 7 heteroatoms. The summed E-state index contributed by atoms with van der Waals surface area (Å²) in [5.41, 5.74) is 1.24. The van der Waals surface area contributed by atoms with Crippen LogP contribution in [-0.4, -0.2) is 40.5 Å². The molecular formula is C19H16N2O5. The predicted octanol–water partition coefficient (Wildman–Crippen LogP) is 2.22. The van der Waals surface area contributed by atoms with Crippen molar-refractivity contribution in [1.82, 2.24) is 4.98 Å². The fraction of sp³-hybridized carbons (Fsp3) is 0.158. The number of cyclic esters (lactones) is 1. The van der Waals surface area contributed by atoms with Crippen LogP contribution < -0.4 is 10.5 Å². The van der Waals surface area contributed by atoms with E-state index in [1.165, 1.54) is 4.90 Å². The van der Waals surface area contributed by atoms with Gasteiger partial charge >= 0.3 is 6.09 Å². The van der Waals surface area contributed by atoms with Gasteiger partial charge in [0.2, 0.25) is 0 Å². The van der Waals surface area contributed by atoms with E-state index in [1.54, 1.807) is 48.5 Å². The Bertz CT molecular complexity index is 1060. The van der Waals surface area contributed by atoms with Gasteiger partial charge in [-0.2, -0.15) is 0 Å². The Kier molecular flexibility index (Phi) is 3.85. The Labute approximate surface area is 148 Å².